The highest BCUT2D eigenvalue weighted by Crippen LogP contribution is 2.08. The van der Waals surface area contributed by atoms with Crippen LogP contribution in [-0.4, -0.2) is 40.4 Å². The molecule has 0 unspecified atom stereocenters. The van der Waals surface area contributed by atoms with Gasteiger partial charge in [0.2, 0.25) is 0 Å². The molecule has 0 saturated heterocycles. The molecule has 0 bridgehead atoms. The number of rotatable bonds is 0. The molecule has 18 heavy (non-hydrogen) atoms. The zero-order chi connectivity index (χ0) is 13.8. The van der Waals surface area contributed by atoms with E-state index in [1.807, 2.05) is 41.5 Å². The van der Waals surface area contributed by atoms with Gasteiger partial charge in [-0.15, -0.1) is 15.3 Å². The molecule has 0 saturated carbocycles. The molecule has 0 aliphatic heterocycles. The Morgan fingerprint density at radius 1 is 0.833 bits per heavy atom. The van der Waals surface area contributed by atoms with Crippen molar-refractivity contribution < 1.29 is 0 Å². The van der Waals surface area contributed by atoms with E-state index in [0.29, 0.717) is 0 Å². The SMILES string of the molecule is CC(C)(C)n1cnnn1.CC(C)(C)n1ncnn1. The minimum Gasteiger partial charge on any atom is -0.227 e. The van der Waals surface area contributed by atoms with Gasteiger partial charge >= 0.3 is 0 Å². The van der Waals surface area contributed by atoms with Crippen LogP contribution in [0.15, 0.2) is 12.7 Å². The fourth-order valence-electron chi connectivity index (χ4n) is 0.943. The van der Waals surface area contributed by atoms with Crippen molar-refractivity contribution in [2.75, 3.05) is 0 Å². The molecule has 0 amide bonds. The Kier molecular flexibility index (Phi) is 4.10. The van der Waals surface area contributed by atoms with E-state index in [-0.39, 0.29) is 11.1 Å². The maximum absolute atomic E-state index is 3.88. The zero-order valence-corrected chi connectivity index (χ0v) is 11.7. The number of aromatic nitrogens is 8. The molecule has 2 aromatic rings. The van der Waals surface area contributed by atoms with E-state index in [1.165, 1.54) is 6.33 Å². The number of hydrogen-bond acceptors (Lipinski definition) is 6. The molecule has 2 heterocycles. The first kappa shape index (κ1) is 14.2. The Balaban J connectivity index is 0.000000180. The van der Waals surface area contributed by atoms with Gasteiger partial charge in [0.1, 0.15) is 6.33 Å². The van der Waals surface area contributed by atoms with E-state index in [1.54, 1.807) is 15.8 Å². The van der Waals surface area contributed by atoms with E-state index < -0.39 is 0 Å². The van der Waals surface area contributed by atoms with Gasteiger partial charge in [-0.3, -0.25) is 0 Å². The maximum atomic E-state index is 3.88. The summed E-state index contributed by atoms with van der Waals surface area (Å²) in [4.78, 5) is 1.58. The summed E-state index contributed by atoms with van der Waals surface area (Å²) in [6.45, 7) is 12.2. The highest BCUT2D eigenvalue weighted by atomic mass is 15.6. The second-order valence-electron chi connectivity index (χ2n) is 5.82. The van der Waals surface area contributed by atoms with Crippen molar-refractivity contribution in [1.29, 1.82) is 0 Å². The Bertz CT molecular complexity index is 387. The van der Waals surface area contributed by atoms with Crippen LogP contribution < -0.4 is 0 Å². The number of hydrogen-bond donors (Lipinski definition) is 0. The molecule has 0 aliphatic rings. The number of nitrogens with zero attached hydrogens (tertiary/aromatic N) is 8. The smallest absolute Gasteiger partial charge is 0.162 e. The number of tetrazole rings is 2. The summed E-state index contributed by atoms with van der Waals surface area (Å²) in [5, 5.41) is 22.0. The van der Waals surface area contributed by atoms with Crippen molar-refractivity contribution in [2.45, 2.75) is 52.6 Å². The van der Waals surface area contributed by atoms with Crippen molar-refractivity contribution in [3.8, 4) is 0 Å². The Labute approximate surface area is 106 Å². The van der Waals surface area contributed by atoms with Crippen LogP contribution in [0.5, 0.6) is 0 Å². The lowest BCUT2D eigenvalue weighted by Gasteiger charge is -2.16. The first-order chi connectivity index (χ1) is 8.21. The summed E-state index contributed by atoms with van der Waals surface area (Å²) in [7, 11) is 0. The summed E-state index contributed by atoms with van der Waals surface area (Å²) in [6.07, 6.45) is 3.05. The van der Waals surface area contributed by atoms with Gasteiger partial charge in [-0.05, 0) is 57.2 Å². The average molecular weight is 252 g/mol. The van der Waals surface area contributed by atoms with Crippen LogP contribution in [0.1, 0.15) is 41.5 Å². The van der Waals surface area contributed by atoms with Crippen LogP contribution in [0.2, 0.25) is 0 Å². The molecule has 100 valence electrons. The Morgan fingerprint density at radius 3 is 1.72 bits per heavy atom. The molecule has 8 nitrogen and oxygen atoms in total. The molecule has 0 aromatic carbocycles. The highest BCUT2D eigenvalue weighted by Gasteiger charge is 2.13. The minimum atomic E-state index is -0.0451. The molecule has 0 fully saturated rings. The molecule has 0 spiro atoms. The normalized spacial score (nSPS) is 11.9. The maximum Gasteiger partial charge on any atom is 0.162 e. The Hall–Kier alpha value is -1.86. The van der Waals surface area contributed by atoms with Gasteiger partial charge in [-0.1, -0.05) is 0 Å². The van der Waals surface area contributed by atoms with Gasteiger partial charge in [0.15, 0.2) is 6.33 Å². The predicted molar refractivity (Wildman–Crippen MR) is 65.6 cm³/mol. The van der Waals surface area contributed by atoms with Gasteiger partial charge in [0.25, 0.3) is 0 Å². The van der Waals surface area contributed by atoms with E-state index in [2.05, 4.69) is 30.9 Å². The topological polar surface area (TPSA) is 87.2 Å². The van der Waals surface area contributed by atoms with Gasteiger partial charge in [-0.2, -0.15) is 4.80 Å². The van der Waals surface area contributed by atoms with Crippen LogP contribution in [0.4, 0.5) is 0 Å². The monoisotopic (exact) mass is 252 g/mol. The summed E-state index contributed by atoms with van der Waals surface area (Å²) in [5.41, 5.74) is -0.0417. The fourth-order valence-corrected chi connectivity index (χ4v) is 0.943. The minimum absolute atomic E-state index is 0.00347. The van der Waals surface area contributed by atoms with Gasteiger partial charge in [-0.25, -0.2) is 4.68 Å². The lowest BCUT2D eigenvalue weighted by atomic mass is 10.1. The van der Waals surface area contributed by atoms with E-state index >= 15 is 0 Å². The van der Waals surface area contributed by atoms with Crippen LogP contribution in [0, 0.1) is 0 Å². The Morgan fingerprint density at radius 2 is 1.50 bits per heavy atom. The quantitative estimate of drug-likeness (QED) is 0.691. The van der Waals surface area contributed by atoms with E-state index in [4.69, 9.17) is 0 Å². The first-order valence-corrected chi connectivity index (χ1v) is 5.68. The highest BCUT2D eigenvalue weighted by molar-refractivity contribution is 4.67. The third-order valence-electron chi connectivity index (χ3n) is 1.99. The first-order valence-electron chi connectivity index (χ1n) is 5.68. The third kappa shape index (κ3) is 4.19. The molecular formula is C10H20N8. The van der Waals surface area contributed by atoms with Crippen molar-refractivity contribution in [2.24, 2.45) is 0 Å². The second-order valence-corrected chi connectivity index (χ2v) is 5.82. The summed E-state index contributed by atoms with van der Waals surface area (Å²) >= 11 is 0. The van der Waals surface area contributed by atoms with Crippen LogP contribution >= 0.6 is 0 Å². The van der Waals surface area contributed by atoms with Crippen molar-refractivity contribution in [1.82, 2.24) is 40.4 Å². The second kappa shape index (κ2) is 5.19. The van der Waals surface area contributed by atoms with E-state index in [9.17, 15) is 0 Å². The lowest BCUT2D eigenvalue weighted by molar-refractivity contribution is 0.306. The zero-order valence-electron chi connectivity index (χ0n) is 11.7. The molecule has 2 aromatic heterocycles. The molecule has 8 heteroatoms. The van der Waals surface area contributed by atoms with E-state index in [0.717, 1.165) is 0 Å². The standard InChI is InChI=1S/2C5H10N4/c1-5(2,3)9-4-6-7-8-9;1-5(2,3)9-7-4-6-8-9/h2*4H,1-3H3. The lowest BCUT2D eigenvalue weighted by Crippen LogP contribution is -2.24. The van der Waals surface area contributed by atoms with Crippen molar-refractivity contribution in [3.63, 3.8) is 0 Å². The summed E-state index contributed by atoms with van der Waals surface area (Å²) < 4.78 is 1.72. The third-order valence-corrected chi connectivity index (χ3v) is 1.99. The molecule has 0 aliphatic carbocycles. The van der Waals surface area contributed by atoms with Crippen LogP contribution in [0.3, 0.4) is 0 Å². The summed E-state index contributed by atoms with van der Waals surface area (Å²) in [5.74, 6) is 0. The largest absolute Gasteiger partial charge is 0.227 e. The molecule has 2 rings (SSSR count). The van der Waals surface area contributed by atoms with Gasteiger partial charge in [0.05, 0.1) is 11.1 Å². The van der Waals surface area contributed by atoms with Gasteiger partial charge < -0.3 is 0 Å². The average Bonchev–Trinajstić information content (AvgIpc) is 2.91. The molecule has 0 radical (unpaired) electrons. The fraction of sp³-hybridized carbons (Fsp3) is 0.800. The van der Waals surface area contributed by atoms with Crippen molar-refractivity contribution in [3.05, 3.63) is 12.7 Å². The van der Waals surface area contributed by atoms with Gasteiger partial charge in [0, 0.05) is 0 Å². The van der Waals surface area contributed by atoms with Crippen LogP contribution in [-0.2, 0) is 11.1 Å². The molecule has 0 N–H and O–H groups in total. The molecular weight excluding hydrogens is 232 g/mol. The van der Waals surface area contributed by atoms with Crippen molar-refractivity contribution >= 4 is 0 Å². The summed E-state index contributed by atoms with van der Waals surface area (Å²) in [6, 6.07) is 0. The predicted octanol–water partition coefficient (Wildman–Crippen LogP) is 0.856. The molecule has 0 atom stereocenters. The van der Waals surface area contributed by atoms with Crippen LogP contribution in [0.25, 0.3) is 0 Å².